The van der Waals surface area contributed by atoms with Gasteiger partial charge in [0.1, 0.15) is 22.9 Å². The molecule has 5 aliphatic rings. The number of carbonyl (C=O) groups excluding carboxylic acids is 5. The molecular formula is C60H67N3O12. The molecule has 9 rings (SSSR count). The standard InChI is InChI=1S/C60H67N3O12/c1-33-23-25-42(26-24-33)59(71)74-55-39(7)56-46-44-45(55)53(67)47(49(54(44)68)63-30-28-62(29-31-63)48(40-19-12-10-13-20-40)41-21-14-11-15-22-41)61-58(70)35(3)18-16-17-34(2)50(64)37(5)52(66)38(6)51(65)36(4)43(72-9)27-32-73-60(8,75-56)57(46)69/h10-27,32,34,36-38,43,48,50-52,64-66H,28-31H2,1-9H3,(H,61,70)/b17-16+,32-27+,35-18-/t34-,36+,37+,38+,43-,50-,51+,52-,60-/m0/s1. The van der Waals surface area contributed by atoms with Crippen molar-refractivity contribution in [1.29, 1.82) is 0 Å². The fourth-order valence-corrected chi connectivity index (χ4v) is 10.6. The summed E-state index contributed by atoms with van der Waals surface area (Å²) in [7, 11) is 1.43. The highest BCUT2D eigenvalue weighted by atomic mass is 16.7. The van der Waals surface area contributed by atoms with Crippen molar-refractivity contribution in [2.75, 3.05) is 33.3 Å². The van der Waals surface area contributed by atoms with Crippen LogP contribution in [0.1, 0.15) is 111 Å². The predicted molar refractivity (Wildman–Crippen MR) is 281 cm³/mol. The van der Waals surface area contributed by atoms with Gasteiger partial charge in [0.05, 0.1) is 59.0 Å². The van der Waals surface area contributed by atoms with E-state index in [-0.39, 0.29) is 69.9 Å². The number of aliphatic hydroxyl groups is 3. The van der Waals surface area contributed by atoms with Crippen molar-refractivity contribution in [3.05, 3.63) is 177 Å². The number of ether oxygens (including phenoxy) is 4. The van der Waals surface area contributed by atoms with Gasteiger partial charge in [-0.2, -0.15) is 0 Å². The summed E-state index contributed by atoms with van der Waals surface area (Å²) in [6.07, 6.45) is 3.27. The Hall–Kier alpha value is -7.01. The topological polar surface area (TPSA) is 201 Å². The number of benzene rings is 4. The Bertz CT molecular complexity index is 2920. The maximum Gasteiger partial charge on any atom is 0.343 e. The molecule has 1 fully saturated rings. The molecule has 9 atom stereocenters. The van der Waals surface area contributed by atoms with Gasteiger partial charge in [-0.25, -0.2) is 4.79 Å². The van der Waals surface area contributed by atoms with Crippen molar-refractivity contribution in [3.8, 4) is 11.5 Å². The van der Waals surface area contributed by atoms with Crippen LogP contribution in [0.4, 0.5) is 0 Å². The Morgan fingerprint density at radius 2 is 1.32 bits per heavy atom. The number of piperazine rings is 1. The van der Waals surface area contributed by atoms with Gasteiger partial charge in [0.25, 0.3) is 11.7 Å². The van der Waals surface area contributed by atoms with E-state index < -0.39 is 88.7 Å². The molecular weight excluding hydrogens is 955 g/mol. The lowest BCUT2D eigenvalue weighted by Crippen LogP contribution is -2.50. The van der Waals surface area contributed by atoms with Crippen LogP contribution in [-0.2, 0) is 14.3 Å². The van der Waals surface area contributed by atoms with Crippen LogP contribution in [0, 0.1) is 37.5 Å². The number of Topliss-reactive ketones (excluding diaryl/α,β-unsaturated/α-hetero) is 3. The first kappa shape index (κ1) is 54.3. The number of aliphatic hydroxyl groups excluding tert-OH is 3. The minimum Gasteiger partial charge on any atom is -0.454 e. The first-order chi connectivity index (χ1) is 35.8. The molecule has 1 amide bonds. The van der Waals surface area contributed by atoms with E-state index in [2.05, 4.69) is 34.5 Å². The number of methoxy groups -OCH3 is 1. The van der Waals surface area contributed by atoms with Gasteiger partial charge in [-0.3, -0.25) is 24.1 Å². The number of hydrogen-bond acceptors (Lipinski definition) is 14. The lowest BCUT2D eigenvalue weighted by Gasteiger charge is -2.42. The normalized spacial score (nSPS) is 28.5. The summed E-state index contributed by atoms with van der Waals surface area (Å²) < 4.78 is 24.4. The van der Waals surface area contributed by atoms with E-state index in [9.17, 15) is 24.9 Å². The van der Waals surface area contributed by atoms with Gasteiger partial charge in [-0.1, -0.05) is 124 Å². The molecule has 15 nitrogen and oxygen atoms in total. The second kappa shape index (κ2) is 22.5. The minimum absolute atomic E-state index is 0.0435. The van der Waals surface area contributed by atoms with Crippen LogP contribution in [0.25, 0.3) is 0 Å². The molecule has 4 aromatic carbocycles. The number of rotatable bonds is 7. The maximum absolute atomic E-state index is 15.8. The Labute approximate surface area is 438 Å². The first-order valence-corrected chi connectivity index (χ1v) is 25.5. The summed E-state index contributed by atoms with van der Waals surface area (Å²) in [6.45, 7) is 14.4. The monoisotopic (exact) mass is 1020 g/mol. The zero-order valence-electron chi connectivity index (χ0n) is 43.9. The van der Waals surface area contributed by atoms with E-state index in [1.807, 2.05) is 43.3 Å². The number of nitrogens with one attached hydrogen (secondary N) is 1. The van der Waals surface area contributed by atoms with Crippen LogP contribution in [-0.4, -0.2) is 118 Å². The van der Waals surface area contributed by atoms with Gasteiger partial charge in [0, 0.05) is 75.0 Å². The number of allylic oxidation sites excluding steroid dienone is 4. The molecule has 1 saturated heterocycles. The van der Waals surface area contributed by atoms with Crippen LogP contribution < -0.4 is 14.8 Å². The number of hydrogen-bond donors (Lipinski definition) is 4. The summed E-state index contributed by atoms with van der Waals surface area (Å²) >= 11 is 0. The quantitative estimate of drug-likeness (QED) is 0.104. The zero-order valence-corrected chi connectivity index (χ0v) is 43.9. The summed E-state index contributed by atoms with van der Waals surface area (Å²) in [6, 6.07) is 26.5. The van der Waals surface area contributed by atoms with Gasteiger partial charge in [0.15, 0.2) is 0 Å². The maximum atomic E-state index is 15.8. The summed E-state index contributed by atoms with van der Waals surface area (Å²) in [5, 5.41) is 37.2. The average Bonchev–Trinajstić information content (AvgIpc) is 3.68. The zero-order chi connectivity index (χ0) is 54.0. The van der Waals surface area contributed by atoms with Crippen molar-refractivity contribution in [2.45, 2.75) is 91.6 Å². The molecule has 0 saturated carbocycles. The van der Waals surface area contributed by atoms with E-state index in [4.69, 9.17) is 18.9 Å². The molecule has 75 heavy (non-hydrogen) atoms. The van der Waals surface area contributed by atoms with Crippen molar-refractivity contribution in [1.82, 2.24) is 15.1 Å². The predicted octanol–water partition coefficient (Wildman–Crippen LogP) is 7.62. The molecule has 4 aromatic rings. The van der Waals surface area contributed by atoms with Gasteiger partial charge >= 0.3 is 11.8 Å². The van der Waals surface area contributed by atoms with E-state index in [1.54, 1.807) is 69.0 Å². The van der Waals surface area contributed by atoms with Gasteiger partial charge < -0.3 is 44.5 Å². The Balaban J connectivity index is 1.28. The Kier molecular flexibility index (Phi) is 16.2. The minimum atomic E-state index is -2.15. The molecule has 15 heteroatoms. The van der Waals surface area contributed by atoms with E-state index >= 15 is 14.4 Å². The van der Waals surface area contributed by atoms with Crippen molar-refractivity contribution in [3.63, 3.8) is 0 Å². The molecule has 0 spiro atoms. The molecule has 0 radical (unpaired) electrons. The molecule has 0 aromatic heterocycles. The average molecular weight is 1020 g/mol. The summed E-state index contributed by atoms with van der Waals surface area (Å²) in [5.74, 6) is -9.33. The van der Waals surface area contributed by atoms with Crippen molar-refractivity contribution < 1.29 is 58.2 Å². The second-order valence-corrected chi connectivity index (χ2v) is 20.4. The number of nitrogens with zero attached hydrogens (tertiary/aromatic N) is 2. The highest BCUT2D eigenvalue weighted by Crippen LogP contribution is 2.50. The lowest BCUT2D eigenvalue weighted by molar-refractivity contribution is -0.116. The smallest absolute Gasteiger partial charge is 0.343 e. The van der Waals surface area contributed by atoms with Crippen LogP contribution in [0.2, 0.25) is 0 Å². The molecule has 4 heterocycles. The lowest BCUT2D eigenvalue weighted by atomic mass is 9.78. The van der Waals surface area contributed by atoms with E-state index in [0.29, 0.717) is 13.1 Å². The third-order valence-electron chi connectivity index (χ3n) is 15.4. The number of esters is 1. The van der Waals surface area contributed by atoms with Crippen LogP contribution in [0.15, 0.2) is 132 Å². The third-order valence-corrected chi connectivity index (χ3v) is 15.4. The number of carbonyl (C=O) groups is 5. The fraction of sp³-hybridized carbons (Fsp3) is 0.383. The summed E-state index contributed by atoms with van der Waals surface area (Å²) in [4.78, 5) is 79.1. The van der Waals surface area contributed by atoms with Crippen LogP contribution >= 0.6 is 0 Å². The van der Waals surface area contributed by atoms with Gasteiger partial charge in [0.2, 0.25) is 11.6 Å². The second-order valence-electron chi connectivity index (χ2n) is 20.4. The number of ketones is 3. The molecule has 5 bridgehead atoms. The summed E-state index contributed by atoms with van der Waals surface area (Å²) in [5.41, 5.74) is 1.74. The number of aryl methyl sites for hydroxylation is 1. The SMILES string of the molecule is CO[C@H]1/C=C/O[C@@]2(C)Oc3c(C)c(OC(=O)c4ccc(C)cc4)c4c(c3C2=O)C(=O)C(N2CCN(C(c3ccccc3)c3ccccc3)CC2)=C(NC(=O)/C(C)=C\C=C\[C@H](C)[C@H](O)[C@@H](C)[C@H](O)[C@H](C)[C@H](O)[C@@H]1C)C4=O. The largest absolute Gasteiger partial charge is 0.454 e. The molecule has 0 unspecified atom stereocenters. The third kappa shape index (κ3) is 10.7. The highest BCUT2D eigenvalue weighted by molar-refractivity contribution is 6.32. The van der Waals surface area contributed by atoms with Crippen LogP contribution in [0.3, 0.4) is 0 Å². The number of amides is 1. The molecule has 4 N–H and O–H groups in total. The van der Waals surface area contributed by atoms with Crippen LogP contribution in [0.5, 0.6) is 11.5 Å². The van der Waals surface area contributed by atoms with Crippen molar-refractivity contribution in [2.24, 2.45) is 23.7 Å². The van der Waals surface area contributed by atoms with Gasteiger partial charge in [-0.15, -0.1) is 0 Å². The molecule has 394 valence electrons. The van der Waals surface area contributed by atoms with E-state index in [0.717, 1.165) is 16.7 Å². The fourth-order valence-electron chi connectivity index (χ4n) is 10.6. The van der Waals surface area contributed by atoms with Crippen molar-refractivity contribution >= 4 is 29.2 Å². The molecule has 4 aliphatic heterocycles. The first-order valence-electron chi connectivity index (χ1n) is 25.5. The Morgan fingerprint density at radius 1 is 0.733 bits per heavy atom. The van der Waals surface area contributed by atoms with E-state index in [1.165, 1.54) is 46.3 Å². The number of fused-ring (bicyclic) bond motifs is 14. The molecule has 1 aliphatic carbocycles. The Morgan fingerprint density at radius 3 is 1.92 bits per heavy atom. The highest BCUT2D eigenvalue weighted by Gasteiger charge is 2.54. The van der Waals surface area contributed by atoms with Gasteiger partial charge in [-0.05, 0) is 50.1 Å².